The molecule has 0 spiro atoms. The summed E-state index contributed by atoms with van der Waals surface area (Å²) in [5.41, 5.74) is 7.97. The summed E-state index contributed by atoms with van der Waals surface area (Å²) >= 11 is 0. The first-order valence-corrected chi connectivity index (χ1v) is 5.77. The molecule has 1 heterocycles. The minimum atomic E-state index is -0.353. The van der Waals surface area contributed by atoms with Crippen molar-refractivity contribution >= 4 is 5.69 Å². The van der Waals surface area contributed by atoms with Crippen molar-refractivity contribution in [2.24, 2.45) is 0 Å². The molecule has 0 amide bonds. The highest BCUT2D eigenvalue weighted by molar-refractivity contribution is 5.66. The minimum absolute atomic E-state index is 0.353. The average molecular weight is 254 g/mol. The average Bonchev–Trinajstić information content (AvgIpc) is 2.91. The Bertz CT molecular complexity index is 706. The maximum Gasteiger partial charge on any atom is 0.132 e. The molecule has 0 aliphatic rings. The first kappa shape index (κ1) is 11.4. The van der Waals surface area contributed by atoms with Gasteiger partial charge in [0.25, 0.3) is 0 Å². The quantitative estimate of drug-likeness (QED) is 0.715. The molecule has 4 nitrogen and oxygen atoms in total. The van der Waals surface area contributed by atoms with E-state index in [0.29, 0.717) is 16.9 Å². The third kappa shape index (κ3) is 2.06. The van der Waals surface area contributed by atoms with Crippen molar-refractivity contribution in [2.75, 3.05) is 5.73 Å². The Balaban J connectivity index is 2.18. The van der Waals surface area contributed by atoms with E-state index in [4.69, 9.17) is 5.73 Å². The summed E-state index contributed by atoms with van der Waals surface area (Å²) in [6, 6.07) is 13.9. The zero-order valence-corrected chi connectivity index (χ0v) is 9.99. The number of nitrogens with two attached hydrogens (primary N) is 1. The molecule has 0 fully saturated rings. The van der Waals surface area contributed by atoms with Crippen LogP contribution in [0.4, 0.5) is 10.1 Å². The van der Waals surface area contributed by atoms with Crippen molar-refractivity contribution in [3.05, 3.63) is 60.5 Å². The Labute approximate surface area is 109 Å². The number of halogens is 1. The Morgan fingerprint density at radius 3 is 2.63 bits per heavy atom. The van der Waals surface area contributed by atoms with Crippen LogP contribution in [0.15, 0.2) is 54.7 Å². The number of nitrogens with zero attached hydrogens (tertiary/aromatic N) is 3. The monoisotopic (exact) mass is 254 g/mol. The van der Waals surface area contributed by atoms with Gasteiger partial charge in [0, 0.05) is 11.3 Å². The molecular formula is C14H11FN4. The van der Waals surface area contributed by atoms with Crippen LogP contribution < -0.4 is 5.73 Å². The van der Waals surface area contributed by atoms with E-state index < -0.39 is 0 Å². The van der Waals surface area contributed by atoms with Gasteiger partial charge < -0.3 is 5.73 Å². The summed E-state index contributed by atoms with van der Waals surface area (Å²) in [6.07, 6.45) is 1.52. The topological polar surface area (TPSA) is 56.7 Å². The molecule has 19 heavy (non-hydrogen) atoms. The lowest BCUT2D eigenvalue weighted by molar-refractivity contribution is 0.629. The molecular weight excluding hydrogens is 243 g/mol. The number of para-hydroxylation sites is 1. The zero-order chi connectivity index (χ0) is 13.2. The minimum Gasteiger partial charge on any atom is -0.399 e. The number of anilines is 1. The molecule has 0 aliphatic heterocycles. The predicted molar refractivity (Wildman–Crippen MR) is 71.2 cm³/mol. The van der Waals surface area contributed by atoms with Crippen molar-refractivity contribution in [1.82, 2.24) is 15.0 Å². The van der Waals surface area contributed by atoms with E-state index in [0.717, 1.165) is 5.69 Å². The van der Waals surface area contributed by atoms with Crippen molar-refractivity contribution in [3.8, 4) is 16.9 Å². The standard InChI is InChI=1S/C14H11FN4/c15-13-7-6-10(16)8-12(13)14-9-17-18-19(14)11-4-2-1-3-5-11/h1-9H,16H2. The smallest absolute Gasteiger partial charge is 0.132 e. The van der Waals surface area contributed by atoms with Crippen LogP contribution in [0.2, 0.25) is 0 Å². The van der Waals surface area contributed by atoms with Gasteiger partial charge in [-0.15, -0.1) is 5.10 Å². The van der Waals surface area contributed by atoms with E-state index in [-0.39, 0.29) is 5.82 Å². The molecule has 2 aromatic carbocycles. The molecule has 5 heteroatoms. The maximum atomic E-state index is 13.9. The number of hydrogen-bond acceptors (Lipinski definition) is 3. The Kier molecular flexibility index (Phi) is 2.72. The fourth-order valence-corrected chi connectivity index (χ4v) is 1.92. The van der Waals surface area contributed by atoms with E-state index in [2.05, 4.69) is 10.3 Å². The largest absolute Gasteiger partial charge is 0.399 e. The van der Waals surface area contributed by atoms with E-state index in [1.165, 1.54) is 18.3 Å². The van der Waals surface area contributed by atoms with Gasteiger partial charge in [0.15, 0.2) is 0 Å². The molecule has 0 aliphatic carbocycles. The zero-order valence-electron chi connectivity index (χ0n) is 9.99. The molecule has 0 radical (unpaired) electrons. The van der Waals surface area contributed by atoms with Crippen LogP contribution in [-0.2, 0) is 0 Å². The van der Waals surface area contributed by atoms with Crippen LogP contribution in [0.3, 0.4) is 0 Å². The third-order valence-electron chi connectivity index (χ3n) is 2.82. The van der Waals surface area contributed by atoms with E-state index in [9.17, 15) is 4.39 Å². The maximum absolute atomic E-state index is 13.9. The molecule has 3 aromatic rings. The van der Waals surface area contributed by atoms with E-state index in [1.54, 1.807) is 10.7 Å². The summed E-state index contributed by atoms with van der Waals surface area (Å²) < 4.78 is 15.5. The number of rotatable bonds is 2. The van der Waals surface area contributed by atoms with Crippen molar-refractivity contribution in [1.29, 1.82) is 0 Å². The van der Waals surface area contributed by atoms with Gasteiger partial charge in [-0.1, -0.05) is 23.4 Å². The second-order valence-electron chi connectivity index (χ2n) is 4.11. The van der Waals surface area contributed by atoms with Gasteiger partial charge in [0.1, 0.15) is 5.82 Å². The molecule has 3 rings (SSSR count). The first-order valence-electron chi connectivity index (χ1n) is 5.77. The Morgan fingerprint density at radius 2 is 1.84 bits per heavy atom. The van der Waals surface area contributed by atoms with Crippen molar-refractivity contribution in [3.63, 3.8) is 0 Å². The lowest BCUT2D eigenvalue weighted by Crippen LogP contribution is -2.00. The second kappa shape index (κ2) is 4.53. The van der Waals surface area contributed by atoms with Gasteiger partial charge in [-0.05, 0) is 30.3 Å². The highest BCUT2D eigenvalue weighted by atomic mass is 19.1. The van der Waals surface area contributed by atoms with Gasteiger partial charge in [0.05, 0.1) is 17.6 Å². The lowest BCUT2D eigenvalue weighted by atomic mass is 10.1. The predicted octanol–water partition coefficient (Wildman–Crippen LogP) is 2.66. The van der Waals surface area contributed by atoms with Crippen LogP contribution in [0.25, 0.3) is 16.9 Å². The van der Waals surface area contributed by atoms with Crippen molar-refractivity contribution in [2.45, 2.75) is 0 Å². The third-order valence-corrected chi connectivity index (χ3v) is 2.82. The van der Waals surface area contributed by atoms with Gasteiger partial charge >= 0.3 is 0 Å². The fraction of sp³-hybridized carbons (Fsp3) is 0. The number of benzene rings is 2. The van der Waals surface area contributed by atoms with Crippen LogP contribution in [0.1, 0.15) is 0 Å². The Hall–Kier alpha value is -2.69. The SMILES string of the molecule is Nc1ccc(F)c(-c2cnnn2-c2ccccc2)c1. The van der Waals surface area contributed by atoms with Gasteiger partial charge in [-0.25, -0.2) is 9.07 Å². The summed E-state index contributed by atoms with van der Waals surface area (Å²) in [6.45, 7) is 0. The van der Waals surface area contributed by atoms with Gasteiger partial charge in [0.2, 0.25) is 0 Å². The molecule has 0 bridgehead atoms. The highest BCUT2D eigenvalue weighted by Crippen LogP contribution is 2.26. The lowest BCUT2D eigenvalue weighted by Gasteiger charge is -2.07. The normalized spacial score (nSPS) is 10.6. The van der Waals surface area contributed by atoms with Crippen LogP contribution >= 0.6 is 0 Å². The van der Waals surface area contributed by atoms with Gasteiger partial charge in [-0.2, -0.15) is 0 Å². The number of nitrogen functional groups attached to an aromatic ring is 1. The summed E-state index contributed by atoms with van der Waals surface area (Å²) in [4.78, 5) is 0. The first-order chi connectivity index (χ1) is 9.25. The van der Waals surface area contributed by atoms with Gasteiger partial charge in [-0.3, -0.25) is 0 Å². The second-order valence-corrected chi connectivity index (χ2v) is 4.11. The molecule has 1 aromatic heterocycles. The van der Waals surface area contributed by atoms with Crippen LogP contribution in [0.5, 0.6) is 0 Å². The summed E-state index contributed by atoms with van der Waals surface area (Å²) in [7, 11) is 0. The molecule has 0 unspecified atom stereocenters. The van der Waals surface area contributed by atoms with Crippen LogP contribution in [-0.4, -0.2) is 15.0 Å². The van der Waals surface area contributed by atoms with E-state index in [1.807, 2.05) is 30.3 Å². The fourth-order valence-electron chi connectivity index (χ4n) is 1.92. The molecule has 0 saturated carbocycles. The summed E-state index contributed by atoms with van der Waals surface area (Å²) in [5, 5.41) is 7.84. The van der Waals surface area contributed by atoms with E-state index >= 15 is 0 Å². The molecule has 94 valence electrons. The Morgan fingerprint density at radius 1 is 1.05 bits per heavy atom. The molecule has 0 saturated heterocycles. The number of hydrogen-bond donors (Lipinski definition) is 1. The van der Waals surface area contributed by atoms with Crippen LogP contribution in [0, 0.1) is 5.82 Å². The molecule has 0 atom stereocenters. The number of aromatic nitrogens is 3. The summed E-state index contributed by atoms with van der Waals surface area (Å²) in [5.74, 6) is -0.353. The van der Waals surface area contributed by atoms with Crippen molar-refractivity contribution < 1.29 is 4.39 Å². The molecule has 2 N–H and O–H groups in total. The highest BCUT2D eigenvalue weighted by Gasteiger charge is 2.12.